The van der Waals surface area contributed by atoms with E-state index in [-0.39, 0.29) is 37.5 Å². The van der Waals surface area contributed by atoms with E-state index in [4.69, 9.17) is 5.73 Å². The van der Waals surface area contributed by atoms with Gasteiger partial charge in [-0.3, -0.25) is 14.8 Å². The molecule has 0 atom stereocenters. The van der Waals surface area contributed by atoms with Gasteiger partial charge in [-0.2, -0.15) is 5.10 Å². The zero-order valence-corrected chi connectivity index (χ0v) is 15.6. The van der Waals surface area contributed by atoms with Crippen LogP contribution in [0.5, 0.6) is 0 Å². The third kappa shape index (κ3) is 4.00. The number of carbonyl (C=O) groups excluding carboxylic acids is 1. The van der Waals surface area contributed by atoms with E-state index < -0.39 is 5.92 Å². The number of hydrogen-bond donors (Lipinski definition) is 1. The summed E-state index contributed by atoms with van der Waals surface area (Å²) in [6.45, 7) is 0.382. The van der Waals surface area contributed by atoms with Crippen molar-refractivity contribution in [3.63, 3.8) is 0 Å². The third-order valence-corrected chi connectivity index (χ3v) is 4.92. The highest BCUT2D eigenvalue weighted by Crippen LogP contribution is 2.29. The predicted octanol–water partition coefficient (Wildman–Crippen LogP) is 2.66. The molecule has 3 aromatic heterocycles. The quantitative estimate of drug-likeness (QED) is 0.730. The van der Waals surface area contributed by atoms with Crippen molar-refractivity contribution in [2.45, 2.75) is 25.3 Å². The van der Waals surface area contributed by atoms with Crippen LogP contribution in [-0.2, 0) is 6.54 Å². The molecule has 1 saturated heterocycles. The number of nitrogens with zero attached hydrogens (tertiary/aromatic N) is 5. The Morgan fingerprint density at radius 2 is 1.97 bits per heavy atom. The lowest BCUT2D eigenvalue weighted by Gasteiger charge is -2.31. The van der Waals surface area contributed by atoms with Crippen molar-refractivity contribution < 1.29 is 13.6 Å². The molecule has 0 aromatic carbocycles. The Kier molecular flexibility index (Phi) is 5.06. The van der Waals surface area contributed by atoms with E-state index in [1.165, 1.54) is 4.90 Å². The molecule has 0 aliphatic carbocycles. The Bertz CT molecular complexity index is 994. The predicted molar refractivity (Wildman–Crippen MR) is 103 cm³/mol. The van der Waals surface area contributed by atoms with E-state index >= 15 is 0 Å². The molecule has 4 heterocycles. The summed E-state index contributed by atoms with van der Waals surface area (Å²) in [6, 6.07) is 8.87. The number of amides is 1. The number of hydrogen-bond acceptors (Lipinski definition) is 5. The van der Waals surface area contributed by atoms with Gasteiger partial charge in [0.1, 0.15) is 0 Å². The van der Waals surface area contributed by atoms with Gasteiger partial charge in [-0.25, -0.2) is 13.5 Å². The summed E-state index contributed by atoms with van der Waals surface area (Å²) >= 11 is 0. The van der Waals surface area contributed by atoms with Crippen LogP contribution in [0.2, 0.25) is 0 Å². The first kappa shape index (κ1) is 19.1. The van der Waals surface area contributed by atoms with Gasteiger partial charge in [-0.05, 0) is 29.8 Å². The summed E-state index contributed by atoms with van der Waals surface area (Å²) in [5.41, 5.74) is 8.58. The molecule has 4 rings (SSSR count). The monoisotopic (exact) mass is 398 g/mol. The van der Waals surface area contributed by atoms with Gasteiger partial charge in [0, 0.05) is 44.9 Å². The second-order valence-electron chi connectivity index (χ2n) is 6.94. The fraction of sp³-hybridized carbons (Fsp3) is 0.300. The van der Waals surface area contributed by atoms with Crippen molar-refractivity contribution in [1.82, 2.24) is 24.6 Å². The molecule has 1 aliphatic heterocycles. The van der Waals surface area contributed by atoms with Crippen molar-refractivity contribution >= 4 is 5.91 Å². The van der Waals surface area contributed by atoms with Crippen molar-refractivity contribution in [2.24, 2.45) is 5.73 Å². The molecule has 0 bridgehead atoms. The van der Waals surface area contributed by atoms with Crippen LogP contribution < -0.4 is 5.73 Å². The molecule has 0 saturated carbocycles. The number of alkyl halides is 2. The Morgan fingerprint density at radius 3 is 2.59 bits per heavy atom. The molecular weight excluding hydrogens is 378 g/mol. The van der Waals surface area contributed by atoms with E-state index in [0.29, 0.717) is 23.6 Å². The average Bonchev–Trinajstić information content (AvgIpc) is 3.19. The summed E-state index contributed by atoms with van der Waals surface area (Å²) in [5, 5.41) is 4.44. The standard InChI is InChI=1S/C20H20F2N6O/c21-20(22)5-8-27(9-6-20)19(29)17-10-18(16-4-3-14(11-23)12-25-16)28(26-17)15-2-1-7-24-13-15/h1-4,7,10,12-13H,5-6,8-9,11,23H2. The molecule has 29 heavy (non-hydrogen) atoms. The summed E-state index contributed by atoms with van der Waals surface area (Å²) in [7, 11) is 0. The van der Waals surface area contributed by atoms with Crippen molar-refractivity contribution in [3.8, 4) is 17.1 Å². The zero-order valence-electron chi connectivity index (χ0n) is 15.6. The van der Waals surface area contributed by atoms with Crippen LogP contribution in [0.3, 0.4) is 0 Å². The lowest BCUT2D eigenvalue weighted by atomic mass is 10.1. The molecule has 1 aliphatic rings. The van der Waals surface area contributed by atoms with Crippen molar-refractivity contribution in [3.05, 3.63) is 60.2 Å². The number of carbonyl (C=O) groups is 1. The largest absolute Gasteiger partial charge is 0.337 e. The van der Waals surface area contributed by atoms with Crippen LogP contribution >= 0.6 is 0 Å². The SMILES string of the molecule is NCc1ccc(-c2cc(C(=O)N3CCC(F)(F)CC3)nn2-c2cccnc2)nc1. The van der Waals surface area contributed by atoms with E-state index in [0.717, 1.165) is 5.56 Å². The fourth-order valence-electron chi connectivity index (χ4n) is 3.24. The number of pyridine rings is 2. The van der Waals surface area contributed by atoms with Gasteiger partial charge in [-0.1, -0.05) is 6.07 Å². The van der Waals surface area contributed by atoms with E-state index in [1.54, 1.807) is 35.4 Å². The van der Waals surface area contributed by atoms with Gasteiger partial charge in [0.2, 0.25) is 0 Å². The first-order valence-electron chi connectivity index (χ1n) is 9.30. The Morgan fingerprint density at radius 1 is 1.17 bits per heavy atom. The highest BCUT2D eigenvalue weighted by Gasteiger charge is 2.36. The van der Waals surface area contributed by atoms with Crippen LogP contribution in [0.15, 0.2) is 48.9 Å². The molecule has 0 spiro atoms. The second-order valence-corrected chi connectivity index (χ2v) is 6.94. The molecule has 9 heteroatoms. The Balaban J connectivity index is 1.70. The molecule has 150 valence electrons. The van der Waals surface area contributed by atoms with Gasteiger partial charge in [0.25, 0.3) is 11.8 Å². The molecular formula is C20H20F2N6O. The normalized spacial score (nSPS) is 16.0. The maximum absolute atomic E-state index is 13.4. The smallest absolute Gasteiger partial charge is 0.274 e. The minimum absolute atomic E-state index is 0.00433. The number of piperidine rings is 1. The number of likely N-dealkylation sites (tertiary alicyclic amines) is 1. The van der Waals surface area contributed by atoms with Gasteiger partial charge < -0.3 is 10.6 Å². The lowest BCUT2D eigenvalue weighted by Crippen LogP contribution is -2.42. The van der Waals surface area contributed by atoms with E-state index in [2.05, 4.69) is 15.1 Å². The minimum Gasteiger partial charge on any atom is -0.337 e. The number of nitrogens with two attached hydrogens (primary N) is 1. The first-order chi connectivity index (χ1) is 14.0. The van der Waals surface area contributed by atoms with Crippen LogP contribution in [0.1, 0.15) is 28.9 Å². The molecule has 1 amide bonds. The molecule has 1 fully saturated rings. The molecule has 3 aromatic rings. The van der Waals surface area contributed by atoms with Crippen LogP contribution in [0.4, 0.5) is 8.78 Å². The van der Waals surface area contributed by atoms with Crippen molar-refractivity contribution in [1.29, 1.82) is 0 Å². The van der Waals surface area contributed by atoms with Gasteiger partial charge in [0.15, 0.2) is 5.69 Å². The topological polar surface area (TPSA) is 89.9 Å². The minimum atomic E-state index is -2.72. The fourth-order valence-corrected chi connectivity index (χ4v) is 3.24. The summed E-state index contributed by atoms with van der Waals surface area (Å²) in [6.07, 6.45) is 4.26. The van der Waals surface area contributed by atoms with Crippen LogP contribution in [0.25, 0.3) is 17.1 Å². The molecule has 0 radical (unpaired) electrons. The van der Waals surface area contributed by atoms with Gasteiger partial charge in [-0.15, -0.1) is 0 Å². The van der Waals surface area contributed by atoms with Gasteiger partial charge >= 0.3 is 0 Å². The third-order valence-electron chi connectivity index (χ3n) is 4.92. The average molecular weight is 398 g/mol. The second kappa shape index (κ2) is 7.67. The first-order valence-corrected chi connectivity index (χ1v) is 9.30. The van der Waals surface area contributed by atoms with E-state index in [1.807, 2.05) is 18.2 Å². The highest BCUT2D eigenvalue weighted by atomic mass is 19.3. The number of halogens is 2. The number of rotatable bonds is 4. The summed E-state index contributed by atoms with van der Waals surface area (Å²) < 4.78 is 28.5. The molecule has 2 N–H and O–H groups in total. The van der Waals surface area contributed by atoms with E-state index in [9.17, 15) is 13.6 Å². The Hall–Kier alpha value is -3.20. The van der Waals surface area contributed by atoms with Gasteiger partial charge in [0.05, 0.1) is 23.3 Å². The van der Waals surface area contributed by atoms with Crippen LogP contribution in [0, 0.1) is 0 Å². The number of aromatic nitrogens is 4. The summed E-state index contributed by atoms with van der Waals surface area (Å²) in [5.74, 6) is -3.09. The molecule has 0 unspecified atom stereocenters. The highest BCUT2D eigenvalue weighted by molar-refractivity contribution is 5.93. The maximum Gasteiger partial charge on any atom is 0.274 e. The molecule has 7 nitrogen and oxygen atoms in total. The zero-order chi connectivity index (χ0) is 20.4. The maximum atomic E-state index is 13.4. The van der Waals surface area contributed by atoms with Crippen molar-refractivity contribution in [2.75, 3.05) is 13.1 Å². The van der Waals surface area contributed by atoms with Crippen LogP contribution in [-0.4, -0.2) is 49.6 Å². The Labute approximate surface area is 166 Å². The summed E-state index contributed by atoms with van der Waals surface area (Å²) in [4.78, 5) is 22.8. The lowest BCUT2D eigenvalue weighted by molar-refractivity contribution is -0.0495.